The molecule has 3 aromatic rings. The van der Waals surface area contributed by atoms with Gasteiger partial charge in [-0.25, -0.2) is 0 Å². The molecule has 1 saturated heterocycles. The third-order valence-corrected chi connectivity index (χ3v) is 5.91. The van der Waals surface area contributed by atoms with Gasteiger partial charge in [0.25, 0.3) is 0 Å². The van der Waals surface area contributed by atoms with Crippen molar-refractivity contribution in [3.05, 3.63) is 81.5 Å². The summed E-state index contributed by atoms with van der Waals surface area (Å²) in [5.41, 5.74) is 5.11. The van der Waals surface area contributed by atoms with Crippen molar-refractivity contribution in [2.24, 2.45) is 0 Å². The SMILES string of the molecule is Cc1c2n(c(OCC3CCO3)cc1=O)CCc1cc(OCc3ccccc3)ccc1-2. The van der Waals surface area contributed by atoms with Gasteiger partial charge in [-0.3, -0.25) is 4.79 Å². The third kappa shape index (κ3) is 3.61. The van der Waals surface area contributed by atoms with Crippen LogP contribution in [0.2, 0.25) is 0 Å². The molecule has 0 spiro atoms. The summed E-state index contributed by atoms with van der Waals surface area (Å²) in [6, 6.07) is 17.9. The van der Waals surface area contributed by atoms with Crippen molar-refractivity contribution in [3.63, 3.8) is 0 Å². The zero-order valence-corrected chi connectivity index (χ0v) is 17.1. The van der Waals surface area contributed by atoms with E-state index in [9.17, 15) is 4.79 Å². The first-order chi connectivity index (χ1) is 14.7. The molecule has 154 valence electrons. The van der Waals surface area contributed by atoms with E-state index in [4.69, 9.17) is 14.2 Å². The van der Waals surface area contributed by atoms with Crippen LogP contribution in [0.5, 0.6) is 11.6 Å². The fraction of sp³-hybridized carbons (Fsp3) is 0.320. The first kappa shape index (κ1) is 18.9. The van der Waals surface area contributed by atoms with E-state index < -0.39 is 0 Å². The number of aromatic nitrogens is 1. The summed E-state index contributed by atoms with van der Waals surface area (Å²) in [5.74, 6) is 1.48. The number of ether oxygens (including phenoxy) is 3. The number of rotatable bonds is 6. The molecule has 1 atom stereocenters. The number of pyridine rings is 1. The molecule has 1 unspecified atom stereocenters. The monoisotopic (exact) mass is 403 g/mol. The highest BCUT2D eigenvalue weighted by Crippen LogP contribution is 2.36. The van der Waals surface area contributed by atoms with Crippen LogP contribution in [-0.4, -0.2) is 23.9 Å². The van der Waals surface area contributed by atoms with Gasteiger partial charge in [0, 0.05) is 36.8 Å². The van der Waals surface area contributed by atoms with Crippen LogP contribution in [0.4, 0.5) is 0 Å². The maximum absolute atomic E-state index is 12.6. The van der Waals surface area contributed by atoms with E-state index >= 15 is 0 Å². The normalized spacial score (nSPS) is 16.9. The van der Waals surface area contributed by atoms with Crippen LogP contribution in [0.25, 0.3) is 11.3 Å². The molecule has 0 radical (unpaired) electrons. The summed E-state index contributed by atoms with van der Waals surface area (Å²) in [5, 5.41) is 0. The number of fused-ring (bicyclic) bond motifs is 3. The molecule has 0 N–H and O–H groups in total. The summed E-state index contributed by atoms with van der Waals surface area (Å²) in [6.07, 6.45) is 2.01. The predicted octanol–water partition coefficient (Wildman–Crippen LogP) is 4.13. The molecule has 5 rings (SSSR count). The molecular weight excluding hydrogens is 378 g/mol. The van der Waals surface area contributed by atoms with E-state index in [1.807, 2.05) is 31.2 Å². The standard InChI is InChI=1S/C25H25NO4/c1-17-23(27)14-24(30-16-21-10-12-28-21)26-11-9-19-13-20(7-8-22(19)25(17)26)29-15-18-5-3-2-4-6-18/h2-8,13-14,21H,9-12,15-16H2,1H3. The molecule has 3 heterocycles. The maximum atomic E-state index is 12.6. The fourth-order valence-corrected chi connectivity index (χ4v) is 4.08. The molecule has 0 saturated carbocycles. The Morgan fingerprint density at radius 2 is 1.93 bits per heavy atom. The van der Waals surface area contributed by atoms with Crippen LogP contribution in [0.3, 0.4) is 0 Å². The Kier molecular flexibility index (Phi) is 5.05. The van der Waals surface area contributed by atoms with Crippen molar-refractivity contribution in [1.82, 2.24) is 4.57 Å². The molecule has 1 aromatic heterocycles. The number of aryl methyl sites for hydroxylation is 1. The number of nitrogens with zero attached hydrogens (tertiary/aromatic N) is 1. The lowest BCUT2D eigenvalue weighted by Crippen LogP contribution is -2.33. The van der Waals surface area contributed by atoms with E-state index in [0.717, 1.165) is 54.1 Å². The topological polar surface area (TPSA) is 49.7 Å². The lowest BCUT2D eigenvalue weighted by Gasteiger charge is -2.29. The highest BCUT2D eigenvalue weighted by molar-refractivity contribution is 5.70. The van der Waals surface area contributed by atoms with Crippen LogP contribution < -0.4 is 14.9 Å². The van der Waals surface area contributed by atoms with Crippen molar-refractivity contribution < 1.29 is 14.2 Å². The zero-order valence-electron chi connectivity index (χ0n) is 17.1. The van der Waals surface area contributed by atoms with Crippen molar-refractivity contribution in [3.8, 4) is 22.9 Å². The first-order valence-electron chi connectivity index (χ1n) is 10.5. The van der Waals surface area contributed by atoms with Gasteiger partial charge >= 0.3 is 0 Å². The average Bonchev–Trinajstić information content (AvgIpc) is 2.74. The van der Waals surface area contributed by atoms with E-state index in [1.165, 1.54) is 5.56 Å². The molecule has 2 aliphatic heterocycles. The Morgan fingerprint density at radius 1 is 1.10 bits per heavy atom. The smallest absolute Gasteiger partial charge is 0.197 e. The van der Waals surface area contributed by atoms with Crippen molar-refractivity contribution in [2.75, 3.05) is 13.2 Å². The summed E-state index contributed by atoms with van der Waals surface area (Å²) >= 11 is 0. The van der Waals surface area contributed by atoms with Crippen molar-refractivity contribution in [2.45, 2.75) is 39.0 Å². The van der Waals surface area contributed by atoms with Crippen LogP contribution in [-0.2, 0) is 24.3 Å². The van der Waals surface area contributed by atoms with E-state index in [0.29, 0.717) is 19.1 Å². The first-order valence-corrected chi connectivity index (χ1v) is 10.5. The molecule has 5 heteroatoms. The van der Waals surface area contributed by atoms with Gasteiger partial charge in [-0.15, -0.1) is 0 Å². The molecule has 2 aliphatic rings. The number of hydrogen-bond acceptors (Lipinski definition) is 4. The molecule has 5 nitrogen and oxygen atoms in total. The Balaban J connectivity index is 1.43. The van der Waals surface area contributed by atoms with Gasteiger partial charge in [-0.05, 0) is 42.7 Å². The maximum Gasteiger partial charge on any atom is 0.197 e. The summed E-state index contributed by atoms with van der Waals surface area (Å²) in [4.78, 5) is 12.6. The zero-order chi connectivity index (χ0) is 20.5. The summed E-state index contributed by atoms with van der Waals surface area (Å²) < 4.78 is 19.6. The average molecular weight is 403 g/mol. The number of hydrogen-bond donors (Lipinski definition) is 0. The Morgan fingerprint density at radius 3 is 2.70 bits per heavy atom. The summed E-state index contributed by atoms with van der Waals surface area (Å²) in [6.45, 7) is 4.48. The fourth-order valence-electron chi connectivity index (χ4n) is 4.08. The minimum atomic E-state index is 0.00281. The van der Waals surface area contributed by atoms with Gasteiger partial charge in [0.15, 0.2) is 11.3 Å². The van der Waals surface area contributed by atoms with Crippen molar-refractivity contribution >= 4 is 0 Å². The Labute approximate surface area is 175 Å². The lowest BCUT2D eigenvalue weighted by molar-refractivity contribution is -0.0732. The van der Waals surface area contributed by atoms with Gasteiger partial charge in [-0.1, -0.05) is 30.3 Å². The second-order valence-corrected chi connectivity index (χ2v) is 7.91. The second kappa shape index (κ2) is 8.00. The molecule has 0 aliphatic carbocycles. The molecule has 0 amide bonds. The Hall–Kier alpha value is -3.05. The van der Waals surface area contributed by atoms with Gasteiger partial charge in [0.1, 0.15) is 19.0 Å². The van der Waals surface area contributed by atoms with Gasteiger partial charge in [-0.2, -0.15) is 0 Å². The Bertz CT molecular complexity index is 1120. The molecule has 30 heavy (non-hydrogen) atoms. The van der Waals surface area contributed by atoms with Gasteiger partial charge in [0.05, 0.1) is 11.8 Å². The minimum absolute atomic E-state index is 0.00281. The highest BCUT2D eigenvalue weighted by atomic mass is 16.6. The van der Waals surface area contributed by atoms with Crippen LogP contribution in [0.15, 0.2) is 59.4 Å². The van der Waals surface area contributed by atoms with Gasteiger partial charge < -0.3 is 18.8 Å². The second-order valence-electron chi connectivity index (χ2n) is 7.91. The molecule has 2 aromatic carbocycles. The predicted molar refractivity (Wildman–Crippen MR) is 115 cm³/mol. The van der Waals surface area contributed by atoms with E-state index in [1.54, 1.807) is 6.07 Å². The van der Waals surface area contributed by atoms with Crippen LogP contribution >= 0.6 is 0 Å². The van der Waals surface area contributed by atoms with Crippen molar-refractivity contribution in [1.29, 1.82) is 0 Å². The molecular formula is C25H25NO4. The largest absolute Gasteiger partial charge is 0.489 e. The minimum Gasteiger partial charge on any atom is -0.489 e. The quantitative estimate of drug-likeness (QED) is 0.621. The number of benzene rings is 2. The van der Waals surface area contributed by atoms with Crippen LogP contribution in [0.1, 0.15) is 23.1 Å². The summed E-state index contributed by atoms with van der Waals surface area (Å²) in [7, 11) is 0. The van der Waals surface area contributed by atoms with E-state index in [-0.39, 0.29) is 11.5 Å². The van der Waals surface area contributed by atoms with E-state index in [2.05, 4.69) is 28.8 Å². The van der Waals surface area contributed by atoms with Crippen LogP contribution in [0, 0.1) is 6.92 Å². The van der Waals surface area contributed by atoms with Gasteiger partial charge in [0.2, 0.25) is 0 Å². The third-order valence-electron chi connectivity index (χ3n) is 5.91. The molecule has 0 bridgehead atoms. The lowest BCUT2D eigenvalue weighted by atomic mass is 9.94. The molecule has 1 fully saturated rings. The highest BCUT2D eigenvalue weighted by Gasteiger charge is 2.24.